The summed E-state index contributed by atoms with van der Waals surface area (Å²) in [7, 11) is 0. The Hall–Kier alpha value is -0.700. The van der Waals surface area contributed by atoms with E-state index in [4.69, 9.17) is 9.47 Å². The van der Waals surface area contributed by atoms with E-state index in [-0.39, 0.29) is 0 Å². The number of rotatable bonds is 10. The predicted octanol–water partition coefficient (Wildman–Crippen LogP) is 5.59. The van der Waals surface area contributed by atoms with E-state index >= 15 is 0 Å². The van der Waals surface area contributed by atoms with Crippen molar-refractivity contribution in [1.82, 2.24) is 0 Å². The summed E-state index contributed by atoms with van der Waals surface area (Å²) in [5.74, 6) is 1.77. The summed E-state index contributed by atoms with van der Waals surface area (Å²) in [6.45, 7) is 5.94. The lowest BCUT2D eigenvalue weighted by Crippen LogP contribution is -2.00. The Labute approximate surface area is 125 Å². The summed E-state index contributed by atoms with van der Waals surface area (Å²) in [5, 5.41) is 0. The molecular formula is C16H25BrO2. The molecule has 0 unspecified atom stereocenters. The maximum absolute atomic E-state index is 5.78. The van der Waals surface area contributed by atoms with Gasteiger partial charge in [-0.2, -0.15) is 0 Å². The zero-order chi connectivity index (χ0) is 13.9. The monoisotopic (exact) mass is 328 g/mol. The van der Waals surface area contributed by atoms with Gasteiger partial charge in [0.1, 0.15) is 11.5 Å². The van der Waals surface area contributed by atoms with E-state index in [0.717, 1.165) is 42.0 Å². The normalized spacial score (nSPS) is 10.5. The van der Waals surface area contributed by atoms with E-state index in [1.54, 1.807) is 0 Å². The van der Waals surface area contributed by atoms with Crippen LogP contribution >= 0.6 is 15.9 Å². The fourth-order valence-corrected chi connectivity index (χ4v) is 2.12. The number of ether oxygens (including phenoxy) is 2. The van der Waals surface area contributed by atoms with Gasteiger partial charge in [0.25, 0.3) is 0 Å². The third-order valence-electron chi connectivity index (χ3n) is 2.92. The number of hydrogen-bond acceptors (Lipinski definition) is 2. The smallest absolute Gasteiger partial charge is 0.137 e. The Morgan fingerprint density at radius 2 is 1.53 bits per heavy atom. The van der Waals surface area contributed by atoms with E-state index < -0.39 is 0 Å². The summed E-state index contributed by atoms with van der Waals surface area (Å²) < 4.78 is 12.5. The zero-order valence-electron chi connectivity index (χ0n) is 12.1. The van der Waals surface area contributed by atoms with Gasteiger partial charge in [-0.25, -0.2) is 0 Å². The largest absolute Gasteiger partial charge is 0.493 e. The first-order valence-electron chi connectivity index (χ1n) is 7.33. The molecule has 0 radical (unpaired) electrons. The fourth-order valence-electron chi connectivity index (χ4n) is 1.76. The molecule has 0 amide bonds. The third kappa shape index (κ3) is 6.86. The summed E-state index contributed by atoms with van der Waals surface area (Å²) in [6.07, 6.45) is 7.08. The van der Waals surface area contributed by atoms with Crippen LogP contribution in [-0.4, -0.2) is 13.2 Å². The van der Waals surface area contributed by atoms with Gasteiger partial charge in [0, 0.05) is 6.07 Å². The topological polar surface area (TPSA) is 18.5 Å². The summed E-state index contributed by atoms with van der Waals surface area (Å²) in [4.78, 5) is 0. The van der Waals surface area contributed by atoms with Crippen molar-refractivity contribution in [2.45, 2.75) is 52.4 Å². The predicted molar refractivity (Wildman–Crippen MR) is 84.2 cm³/mol. The van der Waals surface area contributed by atoms with Crippen LogP contribution in [0.15, 0.2) is 22.7 Å². The lowest BCUT2D eigenvalue weighted by atomic mass is 10.2. The fraction of sp³-hybridized carbons (Fsp3) is 0.625. The van der Waals surface area contributed by atoms with Crippen molar-refractivity contribution >= 4 is 15.9 Å². The third-order valence-corrected chi connectivity index (χ3v) is 3.58. The average molecular weight is 329 g/mol. The summed E-state index contributed by atoms with van der Waals surface area (Å²) in [5.41, 5.74) is 0. The lowest BCUT2D eigenvalue weighted by Gasteiger charge is -2.11. The molecular weight excluding hydrogens is 304 g/mol. The molecule has 3 heteroatoms. The number of halogens is 1. The molecule has 0 fully saturated rings. The van der Waals surface area contributed by atoms with E-state index in [2.05, 4.69) is 29.8 Å². The summed E-state index contributed by atoms with van der Waals surface area (Å²) in [6, 6.07) is 5.95. The molecule has 2 nitrogen and oxygen atoms in total. The SMILES string of the molecule is CCCCCOc1ccc(Br)c(OCCCCC)c1. The van der Waals surface area contributed by atoms with Crippen molar-refractivity contribution in [2.75, 3.05) is 13.2 Å². The van der Waals surface area contributed by atoms with Crippen LogP contribution in [0.5, 0.6) is 11.5 Å². The van der Waals surface area contributed by atoms with Crippen LogP contribution in [0.4, 0.5) is 0 Å². The van der Waals surface area contributed by atoms with Gasteiger partial charge in [0.15, 0.2) is 0 Å². The van der Waals surface area contributed by atoms with Crippen molar-refractivity contribution in [3.8, 4) is 11.5 Å². The first-order valence-corrected chi connectivity index (χ1v) is 8.12. The van der Waals surface area contributed by atoms with Gasteiger partial charge in [-0.15, -0.1) is 0 Å². The Bertz CT molecular complexity index is 353. The molecule has 0 saturated carbocycles. The van der Waals surface area contributed by atoms with Crippen LogP contribution in [-0.2, 0) is 0 Å². The van der Waals surface area contributed by atoms with Crippen molar-refractivity contribution in [1.29, 1.82) is 0 Å². The summed E-state index contributed by atoms with van der Waals surface area (Å²) >= 11 is 3.51. The maximum atomic E-state index is 5.78. The molecule has 0 aliphatic heterocycles. The zero-order valence-corrected chi connectivity index (χ0v) is 13.7. The van der Waals surface area contributed by atoms with Crippen molar-refractivity contribution in [3.63, 3.8) is 0 Å². The number of benzene rings is 1. The molecule has 1 aromatic carbocycles. The molecule has 19 heavy (non-hydrogen) atoms. The minimum atomic E-state index is 0.770. The Balaban J connectivity index is 2.42. The highest BCUT2D eigenvalue weighted by molar-refractivity contribution is 9.10. The maximum Gasteiger partial charge on any atom is 0.137 e. The minimum Gasteiger partial charge on any atom is -0.493 e. The highest BCUT2D eigenvalue weighted by atomic mass is 79.9. The van der Waals surface area contributed by atoms with Crippen LogP contribution < -0.4 is 9.47 Å². The second-order valence-electron chi connectivity index (χ2n) is 4.70. The van der Waals surface area contributed by atoms with E-state index in [9.17, 15) is 0 Å². The standard InChI is InChI=1S/C16H25BrO2/c1-3-5-7-11-18-14-9-10-15(17)16(13-14)19-12-8-6-4-2/h9-10,13H,3-8,11-12H2,1-2H3. The highest BCUT2D eigenvalue weighted by Gasteiger charge is 2.04. The molecule has 0 aliphatic rings. The Morgan fingerprint density at radius 1 is 0.895 bits per heavy atom. The molecule has 0 spiro atoms. The molecule has 0 N–H and O–H groups in total. The van der Waals surface area contributed by atoms with Gasteiger partial charge in [0.2, 0.25) is 0 Å². The molecule has 1 aromatic rings. The second kappa shape index (κ2) is 10.1. The molecule has 0 saturated heterocycles. The van der Waals surface area contributed by atoms with Gasteiger partial charge < -0.3 is 9.47 Å². The van der Waals surface area contributed by atoms with Crippen LogP contribution in [0, 0.1) is 0 Å². The van der Waals surface area contributed by atoms with E-state index in [0.29, 0.717) is 0 Å². The first kappa shape index (κ1) is 16.4. The van der Waals surface area contributed by atoms with Crippen molar-refractivity contribution < 1.29 is 9.47 Å². The molecule has 108 valence electrons. The highest BCUT2D eigenvalue weighted by Crippen LogP contribution is 2.29. The molecule has 0 heterocycles. The lowest BCUT2D eigenvalue weighted by molar-refractivity contribution is 0.290. The van der Waals surface area contributed by atoms with E-state index in [1.807, 2.05) is 18.2 Å². The average Bonchev–Trinajstić information content (AvgIpc) is 2.42. The minimum absolute atomic E-state index is 0.770. The van der Waals surface area contributed by atoms with Gasteiger partial charge in [-0.3, -0.25) is 0 Å². The van der Waals surface area contributed by atoms with Crippen LogP contribution in [0.25, 0.3) is 0 Å². The number of hydrogen-bond donors (Lipinski definition) is 0. The van der Waals surface area contributed by atoms with Gasteiger partial charge >= 0.3 is 0 Å². The van der Waals surface area contributed by atoms with Crippen LogP contribution in [0.3, 0.4) is 0 Å². The molecule has 0 aromatic heterocycles. The van der Waals surface area contributed by atoms with Gasteiger partial charge in [0.05, 0.1) is 17.7 Å². The van der Waals surface area contributed by atoms with Crippen LogP contribution in [0.1, 0.15) is 52.4 Å². The Kier molecular flexibility index (Phi) is 8.72. The van der Waals surface area contributed by atoms with E-state index in [1.165, 1.54) is 25.7 Å². The number of unbranched alkanes of at least 4 members (excludes halogenated alkanes) is 4. The second-order valence-corrected chi connectivity index (χ2v) is 5.56. The first-order chi connectivity index (χ1) is 9.27. The van der Waals surface area contributed by atoms with Gasteiger partial charge in [-0.1, -0.05) is 39.5 Å². The van der Waals surface area contributed by atoms with Crippen molar-refractivity contribution in [2.24, 2.45) is 0 Å². The quantitative estimate of drug-likeness (QED) is 0.521. The van der Waals surface area contributed by atoms with Gasteiger partial charge in [-0.05, 0) is 40.9 Å². The molecule has 1 rings (SSSR count). The van der Waals surface area contributed by atoms with Crippen molar-refractivity contribution in [3.05, 3.63) is 22.7 Å². The Morgan fingerprint density at radius 3 is 2.16 bits per heavy atom. The molecule has 0 aliphatic carbocycles. The van der Waals surface area contributed by atoms with Crippen LogP contribution in [0.2, 0.25) is 0 Å². The molecule has 0 bridgehead atoms. The molecule has 0 atom stereocenters.